The first-order chi connectivity index (χ1) is 21.0. The normalized spacial score (nSPS) is 13.6. The molecule has 0 saturated carbocycles. The van der Waals surface area contributed by atoms with Crippen LogP contribution in [-0.4, -0.2) is 86.7 Å². The van der Waals surface area contributed by atoms with Gasteiger partial charge in [-0.1, -0.05) is 6.07 Å². The molecule has 0 atom stereocenters. The van der Waals surface area contributed by atoms with Crippen LogP contribution in [0.1, 0.15) is 47.1 Å². The Morgan fingerprint density at radius 2 is 1.52 bits per heavy atom. The molecule has 2 amide bonds. The van der Waals surface area contributed by atoms with Gasteiger partial charge in [-0.05, 0) is 69.3 Å². The zero-order valence-electron chi connectivity index (χ0n) is 25.8. The second-order valence-electron chi connectivity index (χ2n) is 11.3. The predicted molar refractivity (Wildman–Crippen MR) is 168 cm³/mol. The lowest BCUT2D eigenvalue weighted by molar-refractivity contribution is 0.0137. The number of hydrogen-bond donors (Lipinski definition) is 2. The number of carbonyl (C=O) groups is 3. The van der Waals surface area contributed by atoms with Crippen LogP contribution in [0.15, 0.2) is 60.7 Å². The number of para-hydroxylation sites is 1. The molecular weight excluding hydrogens is 564 g/mol. The first-order valence-electron chi connectivity index (χ1n) is 14.4. The summed E-state index contributed by atoms with van der Waals surface area (Å²) in [6.45, 7) is 8.90. The molecule has 0 spiro atoms. The third-order valence-corrected chi connectivity index (χ3v) is 7.05. The number of hydrogen-bond acceptors (Lipinski definition) is 9. The summed E-state index contributed by atoms with van der Waals surface area (Å²) in [5, 5.41) is 2.80. The minimum atomic E-state index is -0.539. The molecule has 11 heteroatoms. The summed E-state index contributed by atoms with van der Waals surface area (Å²) in [5.41, 5.74) is 7.06. The van der Waals surface area contributed by atoms with Gasteiger partial charge in [0, 0.05) is 49.9 Å². The van der Waals surface area contributed by atoms with Gasteiger partial charge in [-0.25, -0.2) is 4.79 Å². The van der Waals surface area contributed by atoms with Crippen LogP contribution in [0.3, 0.4) is 0 Å². The number of ether oxygens (including phenoxy) is 4. The van der Waals surface area contributed by atoms with Crippen molar-refractivity contribution in [3.05, 3.63) is 77.4 Å². The lowest BCUT2D eigenvalue weighted by atomic mass is 9.99. The van der Waals surface area contributed by atoms with Crippen molar-refractivity contribution < 1.29 is 33.3 Å². The van der Waals surface area contributed by atoms with Gasteiger partial charge in [0.05, 0.1) is 31.2 Å². The summed E-state index contributed by atoms with van der Waals surface area (Å²) in [6.07, 6.45) is -0.311. The van der Waals surface area contributed by atoms with Crippen molar-refractivity contribution in [3.63, 3.8) is 0 Å². The summed E-state index contributed by atoms with van der Waals surface area (Å²) in [4.78, 5) is 43.2. The van der Waals surface area contributed by atoms with Gasteiger partial charge in [-0.15, -0.1) is 0 Å². The number of amides is 2. The molecule has 1 aliphatic rings. The first kappa shape index (κ1) is 32.2. The molecular formula is C33H40N4O7. The van der Waals surface area contributed by atoms with E-state index in [1.54, 1.807) is 72.7 Å². The first-order valence-corrected chi connectivity index (χ1v) is 14.4. The molecule has 234 valence electrons. The summed E-state index contributed by atoms with van der Waals surface area (Å²) in [6, 6.07) is 16.5. The second kappa shape index (κ2) is 14.1. The van der Waals surface area contributed by atoms with Crippen molar-refractivity contribution in [3.8, 4) is 17.2 Å². The van der Waals surface area contributed by atoms with Crippen LogP contribution in [0.5, 0.6) is 17.2 Å². The minimum absolute atomic E-state index is 0.211. The molecule has 3 aromatic rings. The molecule has 11 nitrogen and oxygen atoms in total. The van der Waals surface area contributed by atoms with Crippen LogP contribution in [0, 0.1) is 0 Å². The third-order valence-electron chi connectivity index (χ3n) is 7.05. The molecule has 0 radical (unpaired) electrons. The second-order valence-corrected chi connectivity index (χ2v) is 11.3. The molecule has 4 rings (SSSR count). The smallest absolute Gasteiger partial charge is 0.410 e. The largest absolute Gasteiger partial charge is 0.497 e. The Kier molecular flexibility index (Phi) is 10.3. The molecule has 3 N–H and O–H groups in total. The van der Waals surface area contributed by atoms with Gasteiger partial charge in [0.2, 0.25) is 0 Å². The number of nitrogen functional groups attached to an aromatic ring is 1. The van der Waals surface area contributed by atoms with Crippen LogP contribution in [0.4, 0.5) is 16.2 Å². The highest BCUT2D eigenvalue weighted by atomic mass is 16.6. The van der Waals surface area contributed by atoms with Crippen LogP contribution in [-0.2, 0) is 4.74 Å². The number of nitrogens with two attached hydrogens (primary N) is 1. The van der Waals surface area contributed by atoms with Gasteiger partial charge < -0.3 is 34.9 Å². The minimum Gasteiger partial charge on any atom is -0.497 e. The van der Waals surface area contributed by atoms with Gasteiger partial charge in [-0.3, -0.25) is 14.5 Å². The summed E-state index contributed by atoms with van der Waals surface area (Å²) >= 11 is 0. The maximum absolute atomic E-state index is 13.9. The number of carbonyl (C=O) groups excluding carboxylic acids is 3. The molecule has 1 fully saturated rings. The zero-order valence-corrected chi connectivity index (χ0v) is 25.8. The number of ketones is 1. The SMILES string of the molecule is COc1ccc(C(=O)Nc2c(N)cccc2C(=O)c2ccc(OC)cc2OCCN2CCN(C(=O)OC(C)(C)C)CC2)cc1. The Morgan fingerprint density at radius 1 is 0.864 bits per heavy atom. The Morgan fingerprint density at radius 3 is 2.16 bits per heavy atom. The molecule has 1 saturated heterocycles. The molecule has 1 heterocycles. The van der Waals surface area contributed by atoms with Crippen LogP contribution in [0.25, 0.3) is 0 Å². The van der Waals surface area contributed by atoms with Crippen molar-refractivity contribution in [1.29, 1.82) is 0 Å². The Bertz CT molecular complexity index is 1480. The Labute approximate surface area is 257 Å². The van der Waals surface area contributed by atoms with E-state index < -0.39 is 11.5 Å². The molecule has 0 aliphatic carbocycles. The molecule has 0 unspecified atom stereocenters. The summed E-state index contributed by atoms with van der Waals surface area (Å²) in [7, 11) is 3.08. The fourth-order valence-corrected chi connectivity index (χ4v) is 4.67. The topological polar surface area (TPSA) is 133 Å². The standard InChI is InChI=1S/C33H40N4O7/c1-33(2,3)44-32(40)37-17-15-36(16-18-37)19-20-43-28-21-24(42-5)13-14-25(28)30(38)26-7-6-8-27(34)29(26)35-31(39)22-9-11-23(41-4)12-10-22/h6-14,21H,15-20,34H2,1-5H3,(H,35,39). The van der Waals surface area contributed by atoms with Crippen LogP contribution >= 0.6 is 0 Å². The van der Waals surface area contributed by atoms with E-state index in [4.69, 9.17) is 24.7 Å². The number of nitrogens with one attached hydrogen (secondary N) is 1. The number of rotatable bonds is 10. The van der Waals surface area contributed by atoms with E-state index in [1.165, 1.54) is 7.11 Å². The van der Waals surface area contributed by atoms with E-state index in [1.807, 2.05) is 20.8 Å². The van der Waals surface area contributed by atoms with Crippen molar-refractivity contribution in [2.75, 3.05) is 64.6 Å². The number of methoxy groups -OCH3 is 2. The van der Waals surface area contributed by atoms with Crippen molar-refractivity contribution in [1.82, 2.24) is 9.80 Å². The quantitative estimate of drug-likeness (QED) is 0.250. The van der Waals surface area contributed by atoms with Crippen molar-refractivity contribution in [2.24, 2.45) is 0 Å². The van der Waals surface area contributed by atoms with Crippen LogP contribution < -0.4 is 25.3 Å². The lowest BCUT2D eigenvalue weighted by Crippen LogP contribution is -2.50. The molecule has 44 heavy (non-hydrogen) atoms. The molecule has 0 bridgehead atoms. The monoisotopic (exact) mass is 604 g/mol. The van der Waals surface area contributed by atoms with Gasteiger partial charge in [-0.2, -0.15) is 0 Å². The fourth-order valence-electron chi connectivity index (χ4n) is 4.67. The van der Waals surface area contributed by atoms with Gasteiger partial charge in [0.1, 0.15) is 29.5 Å². The third kappa shape index (κ3) is 8.19. The summed E-state index contributed by atoms with van der Waals surface area (Å²) < 4.78 is 22.2. The maximum atomic E-state index is 13.9. The van der Waals surface area contributed by atoms with E-state index in [-0.39, 0.29) is 28.8 Å². The highest BCUT2D eigenvalue weighted by Crippen LogP contribution is 2.32. The lowest BCUT2D eigenvalue weighted by Gasteiger charge is -2.35. The Hall–Kier alpha value is -4.77. The van der Waals surface area contributed by atoms with Gasteiger partial charge >= 0.3 is 6.09 Å². The Balaban J connectivity index is 1.45. The number of nitrogens with zero attached hydrogens (tertiary/aromatic N) is 2. The van der Waals surface area contributed by atoms with Crippen LogP contribution in [0.2, 0.25) is 0 Å². The average Bonchev–Trinajstić information content (AvgIpc) is 3.01. The van der Waals surface area contributed by atoms with E-state index in [0.717, 1.165) is 0 Å². The fraction of sp³-hybridized carbons (Fsp3) is 0.364. The van der Waals surface area contributed by atoms with Gasteiger partial charge in [0.25, 0.3) is 5.91 Å². The molecule has 3 aromatic carbocycles. The number of benzene rings is 3. The average molecular weight is 605 g/mol. The molecule has 1 aliphatic heterocycles. The zero-order chi connectivity index (χ0) is 31.9. The van der Waals surface area contributed by atoms with Crippen molar-refractivity contribution >= 4 is 29.2 Å². The highest BCUT2D eigenvalue weighted by Gasteiger charge is 2.26. The number of piperazine rings is 1. The van der Waals surface area contributed by atoms with E-state index in [2.05, 4.69) is 10.2 Å². The maximum Gasteiger partial charge on any atom is 0.410 e. The predicted octanol–water partition coefficient (Wildman–Crippen LogP) is 4.70. The highest BCUT2D eigenvalue weighted by molar-refractivity contribution is 6.18. The molecule has 0 aromatic heterocycles. The van der Waals surface area contributed by atoms with E-state index in [9.17, 15) is 14.4 Å². The van der Waals surface area contributed by atoms with E-state index >= 15 is 0 Å². The number of anilines is 2. The van der Waals surface area contributed by atoms with Crippen molar-refractivity contribution in [2.45, 2.75) is 26.4 Å². The summed E-state index contributed by atoms with van der Waals surface area (Å²) in [5.74, 6) is 0.704. The van der Waals surface area contributed by atoms with E-state index in [0.29, 0.717) is 67.7 Å². The van der Waals surface area contributed by atoms with Gasteiger partial charge in [0.15, 0.2) is 5.78 Å².